The fourth-order valence-electron chi connectivity index (χ4n) is 2.26. The van der Waals surface area contributed by atoms with Gasteiger partial charge in [0.2, 0.25) is 5.91 Å². The van der Waals surface area contributed by atoms with Gasteiger partial charge >= 0.3 is 0 Å². The number of halogens is 1. The molecular formula is C17H17ClN4OS. The zero-order valence-electron chi connectivity index (χ0n) is 13.1. The van der Waals surface area contributed by atoms with Crippen LogP contribution in [0.3, 0.4) is 0 Å². The van der Waals surface area contributed by atoms with Gasteiger partial charge in [0.25, 0.3) is 0 Å². The lowest BCUT2D eigenvalue weighted by molar-refractivity contribution is -0.125. The quantitative estimate of drug-likeness (QED) is 0.730. The third kappa shape index (κ3) is 4.21. The van der Waals surface area contributed by atoms with Crippen LogP contribution in [0.1, 0.15) is 12.6 Å². The Labute approximate surface area is 149 Å². The Bertz CT molecular complexity index is 815. The van der Waals surface area contributed by atoms with E-state index in [0.717, 1.165) is 16.3 Å². The van der Waals surface area contributed by atoms with E-state index in [9.17, 15) is 4.79 Å². The molecule has 0 fully saturated rings. The molecule has 124 valence electrons. The first-order chi connectivity index (χ1) is 11.6. The van der Waals surface area contributed by atoms with Gasteiger partial charge < -0.3 is 5.32 Å². The molecule has 2 aromatic heterocycles. The topological polar surface area (TPSA) is 59.8 Å². The third-order valence-corrected chi connectivity index (χ3v) is 4.66. The SMILES string of the molecule is C[C@H](Cn1cc(Cl)cn1)C(=O)NCc1csc(-c2ccccc2)n1. The zero-order valence-corrected chi connectivity index (χ0v) is 14.7. The van der Waals surface area contributed by atoms with E-state index in [-0.39, 0.29) is 11.8 Å². The van der Waals surface area contributed by atoms with E-state index in [1.165, 1.54) is 0 Å². The summed E-state index contributed by atoms with van der Waals surface area (Å²) in [7, 11) is 0. The lowest BCUT2D eigenvalue weighted by Gasteiger charge is -2.11. The van der Waals surface area contributed by atoms with E-state index in [1.54, 1.807) is 28.4 Å². The van der Waals surface area contributed by atoms with E-state index >= 15 is 0 Å². The second-order valence-corrected chi connectivity index (χ2v) is 6.80. The van der Waals surface area contributed by atoms with Crippen molar-refractivity contribution in [1.29, 1.82) is 0 Å². The third-order valence-electron chi connectivity index (χ3n) is 3.53. The second-order valence-electron chi connectivity index (χ2n) is 5.51. The minimum atomic E-state index is -0.201. The number of carbonyl (C=O) groups is 1. The van der Waals surface area contributed by atoms with Crippen LogP contribution in [-0.4, -0.2) is 20.7 Å². The molecule has 24 heavy (non-hydrogen) atoms. The standard InChI is InChI=1S/C17H17ClN4OS/c1-12(9-22-10-14(18)7-20-22)16(23)19-8-15-11-24-17(21-15)13-5-3-2-4-6-13/h2-7,10-12H,8-9H2,1H3,(H,19,23)/t12-/m1/s1. The largest absolute Gasteiger partial charge is 0.350 e. The van der Waals surface area contributed by atoms with Crippen molar-refractivity contribution in [3.8, 4) is 10.6 Å². The second kappa shape index (κ2) is 7.59. The van der Waals surface area contributed by atoms with Crippen LogP contribution >= 0.6 is 22.9 Å². The van der Waals surface area contributed by atoms with E-state index < -0.39 is 0 Å². The molecule has 0 aliphatic heterocycles. The first-order valence-electron chi connectivity index (χ1n) is 7.57. The number of benzene rings is 1. The van der Waals surface area contributed by atoms with Gasteiger partial charge in [0.15, 0.2) is 0 Å². The van der Waals surface area contributed by atoms with E-state index in [4.69, 9.17) is 11.6 Å². The number of nitrogens with zero attached hydrogens (tertiary/aromatic N) is 3. The number of thiazole rings is 1. The number of nitrogens with one attached hydrogen (secondary N) is 1. The molecule has 2 heterocycles. The van der Waals surface area contributed by atoms with Crippen LogP contribution in [0.25, 0.3) is 10.6 Å². The van der Waals surface area contributed by atoms with Gasteiger partial charge in [-0.2, -0.15) is 5.10 Å². The summed E-state index contributed by atoms with van der Waals surface area (Å²) in [5, 5.41) is 10.5. The summed E-state index contributed by atoms with van der Waals surface area (Å²) in [5.41, 5.74) is 1.95. The van der Waals surface area contributed by atoms with Crippen LogP contribution in [-0.2, 0) is 17.9 Å². The number of amides is 1. The normalized spacial score (nSPS) is 12.1. The Kier molecular flexibility index (Phi) is 5.27. The minimum absolute atomic E-state index is 0.0316. The highest BCUT2D eigenvalue weighted by atomic mass is 35.5. The summed E-state index contributed by atoms with van der Waals surface area (Å²) in [5.74, 6) is -0.232. The Hall–Kier alpha value is -2.18. The average Bonchev–Trinajstić information content (AvgIpc) is 3.22. The maximum atomic E-state index is 12.2. The molecule has 0 aliphatic rings. The minimum Gasteiger partial charge on any atom is -0.350 e. The highest BCUT2D eigenvalue weighted by Gasteiger charge is 2.14. The lowest BCUT2D eigenvalue weighted by atomic mass is 10.1. The maximum Gasteiger partial charge on any atom is 0.225 e. The van der Waals surface area contributed by atoms with Crippen molar-refractivity contribution in [3.63, 3.8) is 0 Å². The Morgan fingerprint density at radius 1 is 1.38 bits per heavy atom. The summed E-state index contributed by atoms with van der Waals surface area (Å²) < 4.78 is 1.67. The van der Waals surface area contributed by atoms with Gasteiger partial charge in [0.1, 0.15) is 5.01 Å². The van der Waals surface area contributed by atoms with Crippen molar-refractivity contribution in [2.45, 2.75) is 20.0 Å². The highest BCUT2D eigenvalue weighted by molar-refractivity contribution is 7.13. The predicted octanol–water partition coefficient (Wildman–Crippen LogP) is 3.61. The van der Waals surface area contributed by atoms with Crippen LogP contribution in [0.5, 0.6) is 0 Å². The van der Waals surface area contributed by atoms with Crippen LogP contribution in [0.2, 0.25) is 5.02 Å². The first-order valence-corrected chi connectivity index (χ1v) is 8.83. The van der Waals surface area contributed by atoms with E-state index in [1.807, 2.05) is 42.6 Å². The summed E-state index contributed by atoms with van der Waals surface area (Å²) in [6, 6.07) is 10.0. The van der Waals surface area contributed by atoms with Gasteiger partial charge in [-0.3, -0.25) is 9.48 Å². The van der Waals surface area contributed by atoms with Crippen molar-refractivity contribution in [1.82, 2.24) is 20.1 Å². The van der Waals surface area contributed by atoms with Gasteiger partial charge in [0.05, 0.1) is 35.9 Å². The van der Waals surface area contributed by atoms with Crippen LogP contribution in [0, 0.1) is 5.92 Å². The molecular weight excluding hydrogens is 344 g/mol. The van der Waals surface area contributed by atoms with Crippen LogP contribution in [0.15, 0.2) is 48.1 Å². The Morgan fingerprint density at radius 3 is 2.88 bits per heavy atom. The van der Waals surface area contributed by atoms with E-state index in [2.05, 4.69) is 15.4 Å². The van der Waals surface area contributed by atoms with Crippen molar-refractivity contribution in [2.75, 3.05) is 0 Å². The highest BCUT2D eigenvalue weighted by Crippen LogP contribution is 2.23. The van der Waals surface area contributed by atoms with Crippen LogP contribution < -0.4 is 5.32 Å². The lowest BCUT2D eigenvalue weighted by Crippen LogP contribution is -2.31. The molecule has 0 spiro atoms. The molecule has 3 aromatic rings. The summed E-state index contributed by atoms with van der Waals surface area (Å²) in [6.45, 7) is 2.78. The van der Waals surface area contributed by atoms with Crippen molar-refractivity contribution < 1.29 is 4.79 Å². The van der Waals surface area contributed by atoms with Crippen molar-refractivity contribution >= 4 is 28.8 Å². The van der Waals surface area contributed by atoms with E-state index in [0.29, 0.717) is 18.1 Å². The Balaban J connectivity index is 1.53. The van der Waals surface area contributed by atoms with Gasteiger partial charge in [0, 0.05) is 17.1 Å². The maximum absolute atomic E-state index is 12.2. The Morgan fingerprint density at radius 2 is 2.17 bits per heavy atom. The number of aromatic nitrogens is 3. The molecule has 3 rings (SSSR count). The first kappa shape index (κ1) is 16.7. The average molecular weight is 361 g/mol. The van der Waals surface area contributed by atoms with Crippen molar-refractivity contribution in [3.05, 3.63) is 58.8 Å². The number of carbonyl (C=O) groups excluding carboxylic acids is 1. The fourth-order valence-corrected chi connectivity index (χ4v) is 3.24. The smallest absolute Gasteiger partial charge is 0.225 e. The van der Waals surface area contributed by atoms with Crippen molar-refractivity contribution in [2.24, 2.45) is 5.92 Å². The number of rotatable bonds is 6. The molecule has 0 unspecified atom stereocenters. The molecule has 1 amide bonds. The molecule has 0 bridgehead atoms. The monoisotopic (exact) mass is 360 g/mol. The summed E-state index contributed by atoms with van der Waals surface area (Å²) in [6.07, 6.45) is 3.27. The number of hydrogen-bond acceptors (Lipinski definition) is 4. The number of hydrogen-bond donors (Lipinski definition) is 1. The zero-order chi connectivity index (χ0) is 16.9. The molecule has 1 atom stereocenters. The molecule has 0 saturated heterocycles. The van der Waals surface area contributed by atoms with Gasteiger partial charge in [-0.15, -0.1) is 11.3 Å². The molecule has 1 N–H and O–H groups in total. The van der Waals surface area contributed by atoms with Crippen LogP contribution in [0.4, 0.5) is 0 Å². The predicted molar refractivity (Wildman–Crippen MR) is 95.8 cm³/mol. The molecule has 0 saturated carbocycles. The molecule has 5 nitrogen and oxygen atoms in total. The van der Waals surface area contributed by atoms with Gasteiger partial charge in [-0.05, 0) is 0 Å². The molecule has 1 aromatic carbocycles. The van der Waals surface area contributed by atoms with Gasteiger partial charge in [-0.25, -0.2) is 4.98 Å². The molecule has 0 radical (unpaired) electrons. The molecule has 7 heteroatoms. The summed E-state index contributed by atoms with van der Waals surface area (Å²) >= 11 is 7.40. The fraction of sp³-hybridized carbons (Fsp3) is 0.235. The summed E-state index contributed by atoms with van der Waals surface area (Å²) in [4.78, 5) is 16.8. The molecule has 0 aliphatic carbocycles. The van der Waals surface area contributed by atoms with Gasteiger partial charge in [-0.1, -0.05) is 48.9 Å².